The standard InChI is InChI=1S/C19H26O2/c1-3-4-5-14-6-7-15-13-19(18(20)17(15)12-14)10-8-16(21-2)9-11-19/h6-7,12,16H,3-5,8-11,13H2,1-2H3/t16-,19-. The van der Waals surface area contributed by atoms with Gasteiger partial charge in [-0.05, 0) is 62.1 Å². The van der Waals surface area contributed by atoms with E-state index >= 15 is 0 Å². The molecule has 1 fully saturated rings. The Balaban J connectivity index is 1.79. The molecule has 2 aliphatic carbocycles. The van der Waals surface area contributed by atoms with Crippen molar-refractivity contribution in [3.63, 3.8) is 0 Å². The van der Waals surface area contributed by atoms with Gasteiger partial charge in [-0.25, -0.2) is 0 Å². The highest BCUT2D eigenvalue weighted by atomic mass is 16.5. The molecule has 0 aliphatic heterocycles. The van der Waals surface area contributed by atoms with Crippen LogP contribution in [0.15, 0.2) is 18.2 Å². The van der Waals surface area contributed by atoms with Gasteiger partial charge in [0, 0.05) is 18.1 Å². The van der Waals surface area contributed by atoms with Crippen molar-refractivity contribution in [2.75, 3.05) is 7.11 Å². The van der Waals surface area contributed by atoms with Crippen molar-refractivity contribution in [2.45, 2.75) is 64.4 Å². The van der Waals surface area contributed by atoms with Crippen molar-refractivity contribution in [2.24, 2.45) is 5.41 Å². The monoisotopic (exact) mass is 286 g/mol. The Labute approximate surface area is 127 Å². The summed E-state index contributed by atoms with van der Waals surface area (Å²) in [5.41, 5.74) is 3.50. The van der Waals surface area contributed by atoms with Crippen molar-refractivity contribution in [3.05, 3.63) is 34.9 Å². The summed E-state index contributed by atoms with van der Waals surface area (Å²) < 4.78 is 5.46. The fourth-order valence-electron chi connectivity index (χ4n) is 4.04. The zero-order chi connectivity index (χ0) is 14.9. The Morgan fingerprint density at radius 1 is 1.29 bits per heavy atom. The van der Waals surface area contributed by atoms with Crippen LogP contribution >= 0.6 is 0 Å². The average molecular weight is 286 g/mol. The zero-order valence-electron chi connectivity index (χ0n) is 13.3. The smallest absolute Gasteiger partial charge is 0.169 e. The van der Waals surface area contributed by atoms with E-state index in [9.17, 15) is 4.79 Å². The lowest BCUT2D eigenvalue weighted by Gasteiger charge is -2.35. The van der Waals surface area contributed by atoms with Gasteiger partial charge in [0.15, 0.2) is 5.78 Å². The van der Waals surface area contributed by atoms with Crippen LogP contribution in [-0.4, -0.2) is 19.0 Å². The molecule has 0 N–H and O–H groups in total. The first-order chi connectivity index (χ1) is 10.2. The van der Waals surface area contributed by atoms with Crippen molar-refractivity contribution in [1.29, 1.82) is 0 Å². The number of ether oxygens (including phenoxy) is 1. The molecule has 3 rings (SSSR count). The van der Waals surface area contributed by atoms with E-state index in [0.717, 1.165) is 44.1 Å². The maximum atomic E-state index is 13.0. The summed E-state index contributed by atoms with van der Waals surface area (Å²) in [6, 6.07) is 6.60. The largest absolute Gasteiger partial charge is 0.381 e. The normalized spacial score (nSPS) is 28.1. The van der Waals surface area contributed by atoms with Gasteiger partial charge in [0.1, 0.15) is 0 Å². The molecule has 21 heavy (non-hydrogen) atoms. The van der Waals surface area contributed by atoms with Crippen LogP contribution < -0.4 is 0 Å². The molecule has 0 unspecified atom stereocenters. The summed E-state index contributed by atoms with van der Waals surface area (Å²) in [4.78, 5) is 13.0. The maximum absolute atomic E-state index is 13.0. The zero-order valence-corrected chi connectivity index (χ0v) is 13.3. The van der Waals surface area contributed by atoms with Crippen molar-refractivity contribution < 1.29 is 9.53 Å². The number of benzene rings is 1. The second-order valence-electron chi connectivity index (χ2n) is 6.82. The average Bonchev–Trinajstić information content (AvgIpc) is 2.79. The van der Waals surface area contributed by atoms with Crippen LogP contribution in [-0.2, 0) is 17.6 Å². The van der Waals surface area contributed by atoms with Crippen LogP contribution in [0.5, 0.6) is 0 Å². The van der Waals surface area contributed by atoms with E-state index in [2.05, 4.69) is 25.1 Å². The summed E-state index contributed by atoms with van der Waals surface area (Å²) in [6.45, 7) is 2.21. The molecule has 114 valence electrons. The Kier molecular flexibility index (Phi) is 4.17. The highest BCUT2D eigenvalue weighted by Gasteiger charge is 2.47. The van der Waals surface area contributed by atoms with E-state index in [0.29, 0.717) is 11.9 Å². The molecule has 0 amide bonds. The van der Waals surface area contributed by atoms with Crippen LogP contribution in [0, 0.1) is 5.41 Å². The van der Waals surface area contributed by atoms with Crippen LogP contribution in [0.1, 0.15) is 66.9 Å². The molecule has 1 spiro atoms. The molecule has 2 nitrogen and oxygen atoms in total. The lowest BCUT2D eigenvalue weighted by Crippen LogP contribution is -2.35. The molecule has 1 saturated carbocycles. The van der Waals surface area contributed by atoms with Gasteiger partial charge in [-0.15, -0.1) is 0 Å². The van der Waals surface area contributed by atoms with Crippen molar-refractivity contribution >= 4 is 5.78 Å². The van der Waals surface area contributed by atoms with Gasteiger partial charge in [-0.1, -0.05) is 25.5 Å². The number of unbranched alkanes of at least 4 members (excludes halogenated alkanes) is 1. The quantitative estimate of drug-likeness (QED) is 0.823. The van der Waals surface area contributed by atoms with Crippen LogP contribution in [0.4, 0.5) is 0 Å². The molecule has 1 aromatic rings. The van der Waals surface area contributed by atoms with E-state index in [4.69, 9.17) is 4.74 Å². The highest BCUT2D eigenvalue weighted by Crippen LogP contribution is 2.47. The molecule has 0 radical (unpaired) electrons. The predicted molar refractivity (Wildman–Crippen MR) is 84.8 cm³/mol. The van der Waals surface area contributed by atoms with Gasteiger partial charge in [0.2, 0.25) is 0 Å². The lowest BCUT2D eigenvalue weighted by molar-refractivity contribution is 0.0285. The van der Waals surface area contributed by atoms with Gasteiger partial charge in [-0.3, -0.25) is 4.79 Å². The molecular weight excluding hydrogens is 260 g/mol. The third-order valence-corrected chi connectivity index (χ3v) is 5.47. The molecule has 2 aliphatic rings. The number of methoxy groups -OCH3 is 1. The third-order valence-electron chi connectivity index (χ3n) is 5.47. The van der Waals surface area contributed by atoms with Gasteiger partial charge < -0.3 is 4.74 Å². The van der Waals surface area contributed by atoms with Crippen molar-refractivity contribution in [1.82, 2.24) is 0 Å². The number of carbonyl (C=O) groups is 1. The second-order valence-corrected chi connectivity index (χ2v) is 6.82. The molecule has 0 heterocycles. The van der Waals surface area contributed by atoms with Gasteiger partial charge in [0.25, 0.3) is 0 Å². The van der Waals surface area contributed by atoms with Crippen LogP contribution in [0.25, 0.3) is 0 Å². The molecular formula is C19H26O2. The third kappa shape index (κ3) is 2.66. The second kappa shape index (κ2) is 5.92. The fourth-order valence-corrected chi connectivity index (χ4v) is 4.04. The number of rotatable bonds is 4. The summed E-state index contributed by atoms with van der Waals surface area (Å²) >= 11 is 0. The summed E-state index contributed by atoms with van der Waals surface area (Å²) in [5.74, 6) is 0.408. The Morgan fingerprint density at radius 2 is 2.05 bits per heavy atom. The number of Topliss-reactive ketones (excluding diaryl/α,β-unsaturated/α-hetero) is 1. The number of ketones is 1. The van der Waals surface area contributed by atoms with E-state index in [1.807, 2.05) is 0 Å². The molecule has 0 saturated heterocycles. The number of fused-ring (bicyclic) bond motifs is 1. The van der Waals surface area contributed by atoms with Gasteiger partial charge >= 0.3 is 0 Å². The minimum absolute atomic E-state index is 0.110. The summed E-state index contributed by atoms with van der Waals surface area (Å²) in [6.07, 6.45) is 8.83. The van der Waals surface area contributed by atoms with Gasteiger partial charge in [0.05, 0.1) is 6.10 Å². The lowest BCUT2D eigenvalue weighted by atomic mass is 9.70. The van der Waals surface area contributed by atoms with E-state index < -0.39 is 0 Å². The van der Waals surface area contributed by atoms with E-state index in [1.165, 1.54) is 24.0 Å². The first-order valence-electron chi connectivity index (χ1n) is 8.38. The number of hydrogen-bond donors (Lipinski definition) is 0. The van der Waals surface area contributed by atoms with Crippen LogP contribution in [0.3, 0.4) is 0 Å². The first-order valence-corrected chi connectivity index (χ1v) is 8.38. The van der Waals surface area contributed by atoms with E-state index in [1.54, 1.807) is 7.11 Å². The Bertz CT molecular complexity index is 524. The summed E-state index contributed by atoms with van der Waals surface area (Å²) in [7, 11) is 1.79. The molecule has 0 atom stereocenters. The SMILES string of the molecule is CCCCc1ccc2c(c1)C(=O)[C@]1(CC[C@H](OC)CC1)C2. The predicted octanol–water partition coefficient (Wildman–Crippen LogP) is 4.34. The molecule has 1 aromatic carbocycles. The van der Waals surface area contributed by atoms with Crippen LogP contribution in [0.2, 0.25) is 0 Å². The molecule has 2 heteroatoms. The topological polar surface area (TPSA) is 26.3 Å². The minimum atomic E-state index is -0.110. The number of carbonyl (C=O) groups excluding carboxylic acids is 1. The number of hydrogen-bond acceptors (Lipinski definition) is 2. The van der Waals surface area contributed by atoms with Crippen molar-refractivity contribution in [3.8, 4) is 0 Å². The maximum Gasteiger partial charge on any atom is 0.169 e. The fraction of sp³-hybridized carbons (Fsp3) is 0.632. The first kappa shape index (κ1) is 14.8. The summed E-state index contributed by atoms with van der Waals surface area (Å²) in [5, 5.41) is 0. The Morgan fingerprint density at radius 3 is 2.71 bits per heavy atom. The van der Waals surface area contributed by atoms with Gasteiger partial charge in [-0.2, -0.15) is 0 Å². The molecule has 0 bridgehead atoms. The number of aryl methyl sites for hydroxylation is 1. The highest BCUT2D eigenvalue weighted by molar-refractivity contribution is 6.05. The van der Waals surface area contributed by atoms with E-state index in [-0.39, 0.29) is 5.41 Å². The molecule has 0 aromatic heterocycles. The Hall–Kier alpha value is -1.15. The minimum Gasteiger partial charge on any atom is -0.381 e.